The van der Waals surface area contributed by atoms with Crippen molar-refractivity contribution in [1.29, 1.82) is 0 Å². The molecular formula is C33H36N6O6. The van der Waals surface area contributed by atoms with Crippen LogP contribution in [0.3, 0.4) is 0 Å². The van der Waals surface area contributed by atoms with Gasteiger partial charge in [-0.15, -0.1) is 0 Å². The molecule has 0 saturated carbocycles. The summed E-state index contributed by atoms with van der Waals surface area (Å²) in [7, 11) is 0. The first-order valence-electron chi connectivity index (χ1n) is 14.4. The Morgan fingerprint density at radius 2 is 1.16 bits per heavy atom. The van der Waals surface area contributed by atoms with E-state index in [1.54, 1.807) is 12.1 Å². The highest BCUT2D eigenvalue weighted by Gasteiger charge is 2.31. The lowest BCUT2D eigenvalue weighted by atomic mass is 10.0. The average Bonchev–Trinajstić information content (AvgIpc) is 3.55. The number of hydrogen-bond donors (Lipinski definition) is 7. The van der Waals surface area contributed by atoms with Gasteiger partial charge >= 0.3 is 5.97 Å². The lowest BCUT2D eigenvalue weighted by Crippen LogP contribution is -2.58. The Morgan fingerprint density at radius 1 is 0.667 bits per heavy atom. The summed E-state index contributed by atoms with van der Waals surface area (Å²) in [6.45, 7) is 0. The van der Waals surface area contributed by atoms with Crippen LogP contribution in [-0.4, -0.2) is 68.0 Å². The van der Waals surface area contributed by atoms with Crippen LogP contribution in [0.15, 0.2) is 97.5 Å². The maximum atomic E-state index is 13.7. The number of nitrogens with zero attached hydrogens (tertiary/aromatic N) is 1. The number of imidazole rings is 1. The van der Waals surface area contributed by atoms with E-state index in [4.69, 9.17) is 5.73 Å². The number of phenolic OH excluding ortho intramolecular Hbond substituents is 1. The number of carbonyl (C=O) groups excluding carboxylic acids is 3. The number of rotatable bonds is 15. The number of carbonyl (C=O) groups is 4. The molecule has 45 heavy (non-hydrogen) atoms. The summed E-state index contributed by atoms with van der Waals surface area (Å²) in [6.07, 6.45) is 3.20. The second-order valence-electron chi connectivity index (χ2n) is 10.7. The van der Waals surface area contributed by atoms with Gasteiger partial charge in [0.25, 0.3) is 0 Å². The molecular weight excluding hydrogens is 576 g/mol. The van der Waals surface area contributed by atoms with Crippen molar-refractivity contribution in [3.05, 3.63) is 120 Å². The molecule has 0 bridgehead atoms. The van der Waals surface area contributed by atoms with Gasteiger partial charge < -0.3 is 36.9 Å². The predicted molar refractivity (Wildman–Crippen MR) is 166 cm³/mol. The van der Waals surface area contributed by atoms with E-state index < -0.39 is 47.9 Å². The monoisotopic (exact) mass is 612 g/mol. The van der Waals surface area contributed by atoms with Crippen molar-refractivity contribution in [2.75, 3.05) is 0 Å². The summed E-state index contributed by atoms with van der Waals surface area (Å²) >= 11 is 0. The number of nitrogens with two attached hydrogens (primary N) is 1. The van der Waals surface area contributed by atoms with Gasteiger partial charge in [-0.05, 0) is 35.2 Å². The van der Waals surface area contributed by atoms with Crippen LogP contribution in [0, 0.1) is 0 Å². The van der Waals surface area contributed by atoms with Crippen LogP contribution < -0.4 is 21.7 Å². The smallest absolute Gasteiger partial charge is 0.326 e. The van der Waals surface area contributed by atoms with Crippen LogP contribution in [0.4, 0.5) is 0 Å². The summed E-state index contributed by atoms with van der Waals surface area (Å²) in [5.41, 5.74) is 8.93. The number of phenols is 1. The van der Waals surface area contributed by atoms with Crippen molar-refractivity contribution in [3.8, 4) is 5.75 Å². The lowest BCUT2D eigenvalue weighted by Gasteiger charge is -2.25. The number of aromatic nitrogens is 2. The topological polar surface area (TPSA) is 200 Å². The molecule has 0 spiro atoms. The van der Waals surface area contributed by atoms with Crippen LogP contribution in [0.5, 0.6) is 5.75 Å². The van der Waals surface area contributed by atoms with Gasteiger partial charge in [0.05, 0.1) is 12.4 Å². The van der Waals surface area contributed by atoms with Crippen LogP contribution in [-0.2, 0) is 44.9 Å². The Bertz CT molecular complexity index is 1550. The van der Waals surface area contributed by atoms with Crippen molar-refractivity contribution in [1.82, 2.24) is 25.9 Å². The highest BCUT2D eigenvalue weighted by molar-refractivity contribution is 5.94. The Hall–Kier alpha value is -5.49. The molecule has 0 aliphatic rings. The zero-order valence-electron chi connectivity index (χ0n) is 24.4. The molecule has 12 heteroatoms. The van der Waals surface area contributed by atoms with Crippen molar-refractivity contribution in [2.24, 2.45) is 5.73 Å². The Balaban J connectivity index is 1.51. The Kier molecular flexibility index (Phi) is 11.4. The first-order valence-corrected chi connectivity index (χ1v) is 14.4. The zero-order valence-corrected chi connectivity index (χ0v) is 24.4. The maximum absolute atomic E-state index is 13.7. The highest BCUT2D eigenvalue weighted by Crippen LogP contribution is 2.12. The van der Waals surface area contributed by atoms with Crippen molar-refractivity contribution in [3.63, 3.8) is 0 Å². The fourth-order valence-corrected chi connectivity index (χ4v) is 4.74. The number of carboxylic acid groups (broad SMARTS) is 1. The normalized spacial score (nSPS) is 13.5. The van der Waals surface area contributed by atoms with E-state index in [0.717, 1.165) is 11.1 Å². The number of aromatic amines is 1. The standard InChI is InChI=1S/C33H36N6O6/c34-26(15-21-7-3-1-4-8-21)30(41)37-27(16-22-9-5-2-6-10-22)31(42)38-28(18-24-19-35-20-36-24)32(43)39-29(33(44)45)17-23-11-13-25(40)14-12-23/h1-14,19-20,26-29,40H,15-18,34H2,(H,35,36)(H,37,41)(H,38,42)(H,39,43)(H,44,45). The first-order chi connectivity index (χ1) is 21.7. The quantitative estimate of drug-likeness (QED) is 0.104. The molecule has 1 aromatic heterocycles. The lowest BCUT2D eigenvalue weighted by molar-refractivity contribution is -0.142. The van der Waals surface area contributed by atoms with Gasteiger partial charge in [-0.25, -0.2) is 9.78 Å². The van der Waals surface area contributed by atoms with E-state index in [9.17, 15) is 29.4 Å². The average molecular weight is 613 g/mol. The molecule has 0 aliphatic heterocycles. The number of amides is 3. The summed E-state index contributed by atoms with van der Waals surface area (Å²) in [5, 5.41) is 27.3. The van der Waals surface area contributed by atoms with Crippen LogP contribution in [0.2, 0.25) is 0 Å². The predicted octanol–water partition coefficient (Wildman–Crippen LogP) is 1.25. The largest absolute Gasteiger partial charge is 0.508 e. The number of aliphatic carboxylic acids is 1. The number of benzene rings is 3. The highest BCUT2D eigenvalue weighted by atomic mass is 16.4. The molecule has 1 heterocycles. The van der Waals surface area contributed by atoms with Gasteiger partial charge in [0, 0.05) is 31.2 Å². The first kappa shape index (κ1) is 32.4. The molecule has 4 atom stereocenters. The van der Waals surface area contributed by atoms with Gasteiger partial charge in [-0.2, -0.15) is 0 Å². The summed E-state index contributed by atoms with van der Waals surface area (Å²) in [6, 6.07) is 19.7. The Morgan fingerprint density at radius 3 is 1.71 bits per heavy atom. The van der Waals surface area contributed by atoms with Crippen LogP contribution >= 0.6 is 0 Å². The second kappa shape index (κ2) is 15.8. The van der Waals surface area contributed by atoms with Gasteiger partial charge in [0.1, 0.15) is 23.9 Å². The van der Waals surface area contributed by atoms with E-state index in [1.165, 1.54) is 24.7 Å². The van der Waals surface area contributed by atoms with Gasteiger partial charge in [-0.3, -0.25) is 14.4 Å². The van der Waals surface area contributed by atoms with Crippen molar-refractivity contribution in [2.45, 2.75) is 49.9 Å². The number of carboxylic acids is 1. The van der Waals surface area contributed by atoms with E-state index in [1.807, 2.05) is 60.7 Å². The summed E-state index contributed by atoms with van der Waals surface area (Å²) in [5.74, 6) is -3.18. The third-order valence-corrected chi connectivity index (χ3v) is 7.15. The summed E-state index contributed by atoms with van der Waals surface area (Å²) in [4.78, 5) is 59.3. The van der Waals surface area contributed by atoms with Crippen LogP contribution in [0.1, 0.15) is 22.4 Å². The minimum Gasteiger partial charge on any atom is -0.508 e. The van der Waals surface area contributed by atoms with E-state index in [-0.39, 0.29) is 31.4 Å². The molecule has 3 amide bonds. The molecule has 4 unspecified atom stereocenters. The van der Waals surface area contributed by atoms with Gasteiger partial charge in [0.15, 0.2) is 0 Å². The third-order valence-electron chi connectivity index (χ3n) is 7.15. The van der Waals surface area contributed by atoms with Gasteiger partial charge in [0.2, 0.25) is 17.7 Å². The second-order valence-corrected chi connectivity index (χ2v) is 10.7. The molecule has 0 saturated heterocycles. The maximum Gasteiger partial charge on any atom is 0.326 e. The molecule has 0 fully saturated rings. The number of aromatic hydroxyl groups is 1. The Labute approximate surface area is 260 Å². The molecule has 4 aromatic rings. The van der Waals surface area contributed by atoms with E-state index >= 15 is 0 Å². The van der Waals surface area contributed by atoms with Crippen molar-refractivity contribution >= 4 is 23.7 Å². The molecule has 12 nitrogen and oxygen atoms in total. The van der Waals surface area contributed by atoms with Crippen molar-refractivity contribution < 1.29 is 29.4 Å². The number of H-pyrrole nitrogens is 1. The zero-order chi connectivity index (χ0) is 32.2. The van der Waals surface area contributed by atoms with Gasteiger partial charge in [-0.1, -0.05) is 72.8 Å². The molecule has 234 valence electrons. The molecule has 4 rings (SSSR count). The van der Waals surface area contributed by atoms with E-state index in [2.05, 4.69) is 25.9 Å². The number of hydrogen-bond acceptors (Lipinski definition) is 7. The molecule has 0 aliphatic carbocycles. The minimum atomic E-state index is -1.32. The molecule has 0 radical (unpaired) electrons. The third kappa shape index (κ3) is 10.0. The SMILES string of the molecule is NC(Cc1ccccc1)C(=O)NC(Cc1ccccc1)C(=O)NC(Cc1cnc[nH]1)C(=O)NC(Cc1ccc(O)cc1)C(=O)O. The molecule has 3 aromatic carbocycles. The number of nitrogens with one attached hydrogen (secondary N) is 4. The summed E-state index contributed by atoms with van der Waals surface area (Å²) < 4.78 is 0. The fourth-order valence-electron chi connectivity index (χ4n) is 4.74. The van der Waals surface area contributed by atoms with E-state index in [0.29, 0.717) is 11.3 Å². The molecule has 8 N–H and O–H groups in total. The minimum absolute atomic E-state index is 0.0233. The fraction of sp³-hybridized carbons (Fsp3) is 0.242. The van der Waals surface area contributed by atoms with Crippen LogP contribution in [0.25, 0.3) is 0 Å².